The third kappa shape index (κ3) is 3.66. The second-order valence-corrected chi connectivity index (χ2v) is 4.82. The molecule has 0 aromatic heterocycles. The molecule has 4 heteroatoms. The Kier molecular flexibility index (Phi) is 4.87. The molecule has 17 heavy (non-hydrogen) atoms. The van der Waals surface area contributed by atoms with E-state index in [1.54, 1.807) is 11.0 Å². The van der Waals surface area contributed by atoms with Gasteiger partial charge >= 0.3 is 0 Å². The smallest absolute Gasteiger partial charge is 0.257 e. The predicted octanol–water partition coefficient (Wildman–Crippen LogP) is 3.63. The summed E-state index contributed by atoms with van der Waals surface area (Å²) in [5, 5.41) is 0. The number of carbonyl (C=O) groups excluding carboxylic acids is 1. The largest absolute Gasteiger partial charge is 0.335 e. The number of carbonyl (C=O) groups is 1. The number of likely N-dealkylation sites (N-methyl/N-ethyl adjacent to an activating group) is 1. The standard InChI is InChI=1S/C13H15BrFNO/c1-4-16(8-9(2)3)13(17)11-7-10(14)5-6-12(11)15/h5-7H,2,4,8H2,1,3H3. The second-order valence-electron chi connectivity index (χ2n) is 3.90. The summed E-state index contributed by atoms with van der Waals surface area (Å²) in [5.41, 5.74) is 0.957. The van der Waals surface area contributed by atoms with Crippen LogP contribution in [-0.2, 0) is 0 Å². The van der Waals surface area contributed by atoms with Gasteiger partial charge in [0.25, 0.3) is 5.91 Å². The zero-order valence-electron chi connectivity index (χ0n) is 9.96. The van der Waals surface area contributed by atoms with Crippen molar-refractivity contribution in [1.29, 1.82) is 0 Å². The average molecular weight is 300 g/mol. The highest BCUT2D eigenvalue weighted by Gasteiger charge is 2.18. The number of nitrogens with zero attached hydrogens (tertiary/aromatic N) is 1. The van der Waals surface area contributed by atoms with Crippen LogP contribution in [0, 0.1) is 5.82 Å². The number of rotatable bonds is 4. The fourth-order valence-corrected chi connectivity index (χ4v) is 1.85. The van der Waals surface area contributed by atoms with Crippen molar-refractivity contribution in [3.8, 4) is 0 Å². The minimum absolute atomic E-state index is 0.0856. The van der Waals surface area contributed by atoms with Crippen LogP contribution in [0.1, 0.15) is 24.2 Å². The molecule has 1 amide bonds. The lowest BCUT2D eigenvalue weighted by molar-refractivity contribution is 0.0773. The van der Waals surface area contributed by atoms with Gasteiger partial charge in [0.05, 0.1) is 5.56 Å². The summed E-state index contributed by atoms with van der Waals surface area (Å²) >= 11 is 3.23. The summed E-state index contributed by atoms with van der Waals surface area (Å²) in [4.78, 5) is 13.7. The van der Waals surface area contributed by atoms with Gasteiger partial charge in [0.2, 0.25) is 0 Å². The molecular weight excluding hydrogens is 285 g/mol. The molecule has 0 saturated carbocycles. The Morgan fingerprint density at radius 3 is 2.71 bits per heavy atom. The minimum Gasteiger partial charge on any atom is -0.335 e. The van der Waals surface area contributed by atoms with E-state index in [0.29, 0.717) is 17.6 Å². The van der Waals surface area contributed by atoms with Gasteiger partial charge in [0.1, 0.15) is 5.82 Å². The first-order chi connectivity index (χ1) is 7.95. The van der Waals surface area contributed by atoms with E-state index >= 15 is 0 Å². The van der Waals surface area contributed by atoms with Crippen LogP contribution in [0.5, 0.6) is 0 Å². The average Bonchev–Trinajstić information content (AvgIpc) is 2.28. The van der Waals surface area contributed by atoms with E-state index in [-0.39, 0.29) is 11.5 Å². The van der Waals surface area contributed by atoms with Crippen molar-refractivity contribution in [2.24, 2.45) is 0 Å². The lowest BCUT2D eigenvalue weighted by Gasteiger charge is -2.21. The summed E-state index contributed by atoms with van der Waals surface area (Å²) < 4.78 is 14.3. The molecule has 0 fully saturated rings. The summed E-state index contributed by atoms with van der Waals surface area (Å²) in [6.45, 7) is 8.43. The fraction of sp³-hybridized carbons (Fsp3) is 0.308. The maximum absolute atomic E-state index is 13.6. The van der Waals surface area contributed by atoms with Gasteiger partial charge in [-0.2, -0.15) is 0 Å². The van der Waals surface area contributed by atoms with Gasteiger partial charge in [-0.25, -0.2) is 4.39 Å². The first kappa shape index (κ1) is 13.9. The van der Waals surface area contributed by atoms with Crippen molar-refractivity contribution in [2.75, 3.05) is 13.1 Å². The summed E-state index contributed by atoms with van der Waals surface area (Å²) in [6, 6.07) is 4.35. The van der Waals surface area contributed by atoms with Crippen molar-refractivity contribution in [3.05, 3.63) is 46.2 Å². The first-order valence-electron chi connectivity index (χ1n) is 5.34. The van der Waals surface area contributed by atoms with Crippen molar-refractivity contribution in [3.63, 3.8) is 0 Å². The highest BCUT2D eigenvalue weighted by atomic mass is 79.9. The molecule has 2 nitrogen and oxygen atoms in total. The summed E-state index contributed by atoms with van der Waals surface area (Å²) in [6.07, 6.45) is 0. The van der Waals surface area contributed by atoms with Gasteiger partial charge in [-0.3, -0.25) is 4.79 Å². The van der Waals surface area contributed by atoms with Crippen LogP contribution in [0.4, 0.5) is 4.39 Å². The zero-order valence-corrected chi connectivity index (χ0v) is 11.6. The molecule has 0 spiro atoms. The van der Waals surface area contributed by atoms with Crippen LogP contribution in [-0.4, -0.2) is 23.9 Å². The third-order valence-corrected chi connectivity index (χ3v) is 2.78. The maximum Gasteiger partial charge on any atom is 0.257 e. The van der Waals surface area contributed by atoms with Crippen LogP contribution < -0.4 is 0 Å². The van der Waals surface area contributed by atoms with Gasteiger partial charge in [0, 0.05) is 17.6 Å². The molecule has 0 aliphatic carbocycles. The number of hydrogen-bond donors (Lipinski definition) is 0. The molecule has 0 unspecified atom stereocenters. The van der Waals surface area contributed by atoms with Crippen molar-refractivity contribution in [2.45, 2.75) is 13.8 Å². The van der Waals surface area contributed by atoms with E-state index in [2.05, 4.69) is 22.5 Å². The third-order valence-electron chi connectivity index (χ3n) is 2.29. The summed E-state index contributed by atoms with van der Waals surface area (Å²) in [5.74, 6) is -0.812. The van der Waals surface area contributed by atoms with Crippen molar-refractivity contribution >= 4 is 21.8 Å². The van der Waals surface area contributed by atoms with Gasteiger partial charge in [-0.05, 0) is 32.0 Å². The zero-order chi connectivity index (χ0) is 13.0. The molecule has 0 saturated heterocycles. The second kappa shape index (κ2) is 5.96. The molecule has 0 atom stereocenters. The van der Waals surface area contributed by atoms with Crippen LogP contribution >= 0.6 is 15.9 Å². The molecule has 0 N–H and O–H groups in total. The summed E-state index contributed by atoms with van der Waals surface area (Å²) in [7, 11) is 0. The van der Waals surface area contributed by atoms with E-state index in [0.717, 1.165) is 5.57 Å². The van der Waals surface area contributed by atoms with Crippen molar-refractivity contribution < 1.29 is 9.18 Å². The van der Waals surface area contributed by atoms with E-state index in [1.165, 1.54) is 12.1 Å². The molecule has 0 radical (unpaired) electrons. The van der Waals surface area contributed by atoms with E-state index in [9.17, 15) is 9.18 Å². The number of hydrogen-bond acceptors (Lipinski definition) is 1. The van der Waals surface area contributed by atoms with Crippen LogP contribution in [0.2, 0.25) is 0 Å². The lowest BCUT2D eigenvalue weighted by atomic mass is 10.1. The highest BCUT2D eigenvalue weighted by Crippen LogP contribution is 2.17. The van der Waals surface area contributed by atoms with E-state index < -0.39 is 5.82 Å². The monoisotopic (exact) mass is 299 g/mol. The fourth-order valence-electron chi connectivity index (χ4n) is 1.48. The molecule has 92 valence electrons. The van der Waals surface area contributed by atoms with E-state index in [4.69, 9.17) is 0 Å². The topological polar surface area (TPSA) is 20.3 Å². The normalized spacial score (nSPS) is 10.1. The molecule has 0 bridgehead atoms. The minimum atomic E-state index is -0.502. The Hall–Kier alpha value is -1.16. The lowest BCUT2D eigenvalue weighted by Crippen LogP contribution is -2.32. The van der Waals surface area contributed by atoms with Gasteiger partial charge < -0.3 is 4.90 Å². The van der Waals surface area contributed by atoms with Gasteiger partial charge in [-0.15, -0.1) is 0 Å². The SMILES string of the molecule is C=C(C)CN(CC)C(=O)c1cc(Br)ccc1F. The van der Waals surface area contributed by atoms with Crippen LogP contribution in [0.15, 0.2) is 34.8 Å². The van der Waals surface area contributed by atoms with Gasteiger partial charge in [-0.1, -0.05) is 28.1 Å². The Balaban J connectivity index is 3.01. The Bertz CT molecular complexity index is 445. The number of amides is 1. The molecule has 0 aliphatic rings. The molecule has 0 heterocycles. The van der Waals surface area contributed by atoms with E-state index in [1.807, 2.05) is 13.8 Å². The van der Waals surface area contributed by atoms with Gasteiger partial charge in [0.15, 0.2) is 0 Å². The molecule has 1 aromatic carbocycles. The van der Waals surface area contributed by atoms with Crippen molar-refractivity contribution in [1.82, 2.24) is 4.90 Å². The first-order valence-corrected chi connectivity index (χ1v) is 6.13. The molecule has 1 rings (SSSR count). The molecule has 1 aromatic rings. The molecular formula is C13H15BrFNO. The Morgan fingerprint density at radius 2 is 2.18 bits per heavy atom. The highest BCUT2D eigenvalue weighted by molar-refractivity contribution is 9.10. The predicted molar refractivity (Wildman–Crippen MR) is 70.5 cm³/mol. The Labute approximate surface area is 109 Å². The number of benzene rings is 1. The quantitative estimate of drug-likeness (QED) is 0.778. The van der Waals surface area contributed by atoms with Crippen LogP contribution in [0.3, 0.4) is 0 Å². The maximum atomic E-state index is 13.6. The Morgan fingerprint density at radius 1 is 1.53 bits per heavy atom. The molecule has 0 aliphatic heterocycles. The van der Waals surface area contributed by atoms with Crippen LogP contribution in [0.25, 0.3) is 0 Å². The number of halogens is 2.